The minimum absolute atomic E-state index is 0.0173. The molecule has 1 aliphatic rings. The number of hydrogen-bond donors (Lipinski definition) is 1. The van der Waals surface area contributed by atoms with Crippen LogP contribution in [0.3, 0.4) is 0 Å². The summed E-state index contributed by atoms with van der Waals surface area (Å²) in [6.07, 6.45) is 0.660. The molecule has 0 radical (unpaired) electrons. The lowest BCUT2D eigenvalue weighted by atomic mass is 10.1. The fourth-order valence-corrected chi connectivity index (χ4v) is 2.49. The predicted molar refractivity (Wildman–Crippen MR) is 78.2 cm³/mol. The number of para-hydroxylation sites is 1. The minimum atomic E-state index is -0.378. The number of hydrogen-bond acceptors (Lipinski definition) is 3. The number of benzene rings is 1. The van der Waals surface area contributed by atoms with Crippen LogP contribution in [0.5, 0.6) is 0 Å². The van der Waals surface area contributed by atoms with E-state index in [2.05, 4.69) is 0 Å². The van der Waals surface area contributed by atoms with Gasteiger partial charge in [0.05, 0.1) is 0 Å². The van der Waals surface area contributed by atoms with Crippen LogP contribution in [0.25, 0.3) is 0 Å². The van der Waals surface area contributed by atoms with Gasteiger partial charge in [-0.05, 0) is 18.6 Å². The van der Waals surface area contributed by atoms with Crippen molar-refractivity contribution in [2.24, 2.45) is 11.7 Å². The Morgan fingerprint density at radius 2 is 2.10 bits per heavy atom. The van der Waals surface area contributed by atoms with E-state index in [1.54, 1.807) is 23.8 Å². The molecule has 2 N–H and O–H groups in total. The van der Waals surface area contributed by atoms with E-state index in [0.717, 1.165) is 5.69 Å². The van der Waals surface area contributed by atoms with Crippen LogP contribution < -0.4 is 10.6 Å². The van der Waals surface area contributed by atoms with Gasteiger partial charge >= 0.3 is 0 Å². The molecule has 5 nitrogen and oxygen atoms in total. The lowest BCUT2D eigenvalue weighted by Crippen LogP contribution is -2.46. The summed E-state index contributed by atoms with van der Waals surface area (Å²) >= 11 is 0. The van der Waals surface area contributed by atoms with Crippen LogP contribution in [-0.2, 0) is 9.59 Å². The van der Waals surface area contributed by atoms with Gasteiger partial charge in [0.15, 0.2) is 0 Å². The first-order chi connectivity index (χ1) is 9.56. The topological polar surface area (TPSA) is 66.6 Å². The van der Waals surface area contributed by atoms with Gasteiger partial charge in [0.1, 0.15) is 6.04 Å². The molecule has 0 spiro atoms. The standard InChI is InChI=1S/C15H21N3O2/c1-11(10-16)14(19)17(2)13-8-9-18(15(13)20)12-6-4-3-5-7-12/h3-7,11,13H,8-10,16H2,1-2H3. The van der Waals surface area contributed by atoms with Crippen molar-refractivity contribution in [3.8, 4) is 0 Å². The summed E-state index contributed by atoms with van der Waals surface area (Å²) < 4.78 is 0. The van der Waals surface area contributed by atoms with Crippen LogP contribution in [0, 0.1) is 5.92 Å². The fourth-order valence-electron chi connectivity index (χ4n) is 2.49. The Labute approximate surface area is 119 Å². The highest BCUT2D eigenvalue weighted by Crippen LogP contribution is 2.24. The number of carbonyl (C=O) groups excluding carboxylic acids is 2. The molecule has 0 aromatic heterocycles. The molecule has 2 unspecified atom stereocenters. The maximum atomic E-state index is 12.5. The second-order valence-corrected chi connectivity index (χ2v) is 5.22. The second-order valence-electron chi connectivity index (χ2n) is 5.22. The highest BCUT2D eigenvalue weighted by molar-refractivity contribution is 6.01. The summed E-state index contributed by atoms with van der Waals surface area (Å²) in [5.74, 6) is -0.337. The lowest BCUT2D eigenvalue weighted by molar-refractivity contribution is -0.139. The summed E-state index contributed by atoms with van der Waals surface area (Å²) in [6.45, 7) is 2.72. The molecule has 0 aliphatic carbocycles. The van der Waals surface area contributed by atoms with Gasteiger partial charge in [-0.25, -0.2) is 0 Å². The van der Waals surface area contributed by atoms with Gasteiger partial charge in [-0.1, -0.05) is 25.1 Å². The Morgan fingerprint density at radius 3 is 2.70 bits per heavy atom. The summed E-state index contributed by atoms with van der Waals surface area (Å²) in [5, 5.41) is 0. The summed E-state index contributed by atoms with van der Waals surface area (Å²) in [4.78, 5) is 27.9. The molecule has 2 rings (SSSR count). The minimum Gasteiger partial charge on any atom is -0.333 e. The van der Waals surface area contributed by atoms with Gasteiger partial charge in [0.25, 0.3) is 0 Å². The molecule has 1 saturated heterocycles. The third-order valence-electron chi connectivity index (χ3n) is 3.84. The van der Waals surface area contributed by atoms with Crippen LogP contribution in [0.2, 0.25) is 0 Å². The highest BCUT2D eigenvalue weighted by atomic mass is 16.2. The molecule has 0 saturated carbocycles. The van der Waals surface area contributed by atoms with Crippen LogP contribution in [-0.4, -0.2) is 42.9 Å². The van der Waals surface area contributed by atoms with Gasteiger partial charge in [-0.15, -0.1) is 0 Å². The average Bonchev–Trinajstić information content (AvgIpc) is 2.87. The molecule has 1 aliphatic heterocycles. The Balaban J connectivity index is 2.10. The van der Waals surface area contributed by atoms with Crippen molar-refractivity contribution in [3.05, 3.63) is 30.3 Å². The van der Waals surface area contributed by atoms with E-state index >= 15 is 0 Å². The zero-order valence-electron chi connectivity index (χ0n) is 12.0. The quantitative estimate of drug-likeness (QED) is 0.885. The molecule has 20 heavy (non-hydrogen) atoms. The number of rotatable bonds is 4. The molecule has 1 fully saturated rings. The predicted octanol–water partition coefficient (Wildman–Crippen LogP) is 0.845. The van der Waals surface area contributed by atoms with Crippen LogP contribution in [0.15, 0.2) is 30.3 Å². The third-order valence-corrected chi connectivity index (χ3v) is 3.84. The monoisotopic (exact) mass is 275 g/mol. The van der Waals surface area contributed by atoms with Gasteiger partial charge in [0, 0.05) is 31.7 Å². The smallest absolute Gasteiger partial charge is 0.249 e. The van der Waals surface area contributed by atoms with Gasteiger partial charge in [-0.3, -0.25) is 9.59 Å². The van der Waals surface area contributed by atoms with E-state index in [1.165, 1.54) is 0 Å². The second kappa shape index (κ2) is 6.05. The molecule has 108 valence electrons. The lowest BCUT2D eigenvalue weighted by Gasteiger charge is -2.26. The Kier molecular flexibility index (Phi) is 4.39. The maximum Gasteiger partial charge on any atom is 0.249 e. The fraction of sp³-hybridized carbons (Fsp3) is 0.467. The van der Waals surface area contributed by atoms with Crippen LogP contribution >= 0.6 is 0 Å². The average molecular weight is 275 g/mol. The highest BCUT2D eigenvalue weighted by Gasteiger charge is 2.37. The van der Waals surface area contributed by atoms with Crippen LogP contribution in [0.4, 0.5) is 5.69 Å². The van der Waals surface area contributed by atoms with Gasteiger partial charge < -0.3 is 15.5 Å². The van der Waals surface area contributed by atoms with Crippen LogP contribution in [0.1, 0.15) is 13.3 Å². The van der Waals surface area contributed by atoms with E-state index in [1.807, 2.05) is 30.3 Å². The molecular formula is C15H21N3O2. The first-order valence-corrected chi connectivity index (χ1v) is 6.89. The number of anilines is 1. The number of nitrogens with zero attached hydrogens (tertiary/aromatic N) is 2. The van der Waals surface area contributed by atoms with E-state index < -0.39 is 0 Å². The van der Waals surface area contributed by atoms with Gasteiger partial charge in [0.2, 0.25) is 11.8 Å². The van der Waals surface area contributed by atoms with E-state index in [4.69, 9.17) is 5.73 Å². The zero-order valence-corrected chi connectivity index (χ0v) is 12.0. The summed E-state index contributed by atoms with van der Waals surface area (Å²) in [6, 6.07) is 9.16. The zero-order chi connectivity index (χ0) is 14.7. The first kappa shape index (κ1) is 14.5. The Hall–Kier alpha value is -1.88. The maximum absolute atomic E-state index is 12.5. The van der Waals surface area contributed by atoms with Gasteiger partial charge in [-0.2, -0.15) is 0 Å². The molecule has 5 heteroatoms. The molecular weight excluding hydrogens is 254 g/mol. The summed E-state index contributed by atoms with van der Waals surface area (Å²) in [7, 11) is 1.69. The SMILES string of the molecule is CC(CN)C(=O)N(C)C1CCN(c2ccccc2)C1=O. The molecule has 2 atom stereocenters. The number of carbonyl (C=O) groups is 2. The summed E-state index contributed by atoms with van der Waals surface area (Å²) in [5.41, 5.74) is 6.40. The van der Waals surface area contributed by atoms with Crippen molar-refractivity contribution < 1.29 is 9.59 Å². The van der Waals surface area contributed by atoms with E-state index in [9.17, 15) is 9.59 Å². The molecule has 1 aromatic carbocycles. The number of likely N-dealkylation sites (N-methyl/N-ethyl adjacent to an activating group) is 1. The number of nitrogens with two attached hydrogens (primary N) is 1. The molecule has 2 amide bonds. The van der Waals surface area contributed by atoms with Crippen molar-refractivity contribution in [3.63, 3.8) is 0 Å². The van der Waals surface area contributed by atoms with Crippen molar-refractivity contribution >= 4 is 17.5 Å². The van der Waals surface area contributed by atoms with Crippen molar-refractivity contribution in [1.82, 2.24) is 4.90 Å². The van der Waals surface area contributed by atoms with Crippen molar-refractivity contribution in [1.29, 1.82) is 0 Å². The Bertz CT molecular complexity index is 489. The first-order valence-electron chi connectivity index (χ1n) is 6.89. The largest absolute Gasteiger partial charge is 0.333 e. The third kappa shape index (κ3) is 2.67. The number of amides is 2. The Morgan fingerprint density at radius 1 is 1.45 bits per heavy atom. The molecule has 0 bridgehead atoms. The molecule has 1 heterocycles. The van der Waals surface area contributed by atoms with E-state index in [0.29, 0.717) is 19.5 Å². The van der Waals surface area contributed by atoms with Crippen molar-refractivity contribution in [2.75, 3.05) is 25.0 Å². The molecule has 1 aromatic rings. The van der Waals surface area contributed by atoms with E-state index in [-0.39, 0.29) is 23.8 Å². The normalized spacial score (nSPS) is 20.1. The van der Waals surface area contributed by atoms with Crippen molar-refractivity contribution in [2.45, 2.75) is 19.4 Å².